The number of morpholine rings is 1. The van der Waals surface area contributed by atoms with Crippen molar-refractivity contribution in [1.29, 1.82) is 0 Å². The number of hydrogen-bond donors (Lipinski definition) is 0. The lowest BCUT2D eigenvalue weighted by Gasteiger charge is -2.28. The highest BCUT2D eigenvalue weighted by atomic mass is 32.2. The van der Waals surface area contributed by atoms with Gasteiger partial charge in [-0.2, -0.15) is 0 Å². The van der Waals surface area contributed by atoms with Crippen LogP contribution < -0.4 is 4.90 Å². The number of nitrogens with zero attached hydrogens (tertiary/aromatic N) is 3. The minimum absolute atomic E-state index is 0.0991. The highest BCUT2D eigenvalue weighted by Crippen LogP contribution is 2.30. The standard InChI is InChI=1S/C23H21N3O3S/c27-26(28)21-7-11-23(12-8-21)30-22-9-3-19(4-10-22)24-17-18-1-5-20(6-2-18)25-13-15-29-16-14-25/h1-12,17H,13-16H2. The summed E-state index contributed by atoms with van der Waals surface area (Å²) in [6.45, 7) is 3.42. The summed E-state index contributed by atoms with van der Waals surface area (Å²) in [4.78, 5) is 19.2. The maximum Gasteiger partial charge on any atom is 0.269 e. The molecule has 0 N–H and O–H groups in total. The second-order valence-electron chi connectivity index (χ2n) is 6.80. The van der Waals surface area contributed by atoms with Crippen LogP contribution in [-0.4, -0.2) is 37.4 Å². The van der Waals surface area contributed by atoms with Crippen LogP contribution >= 0.6 is 11.8 Å². The molecule has 1 heterocycles. The van der Waals surface area contributed by atoms with Gasteiger partial charge < -0.3 is 9.64 Å². The van der Waals surface area contributed by atoms with Crippen molar-refractivity contribution >= 4 is 35.0 Å². The van der Waals surface area contributed by atoms with Crippen LogP contribution in [0.25, 0.3) is 0 Å². The number of aliphatic imine (C=N–C) groups is 1. The average Bonchev–Trinajstić information content (AvgIpc) is 2.80. The molecular formula is C23H21N3O3S. The van der Waals surface area contributed by atoms with Gasteiger partial charge in [-0.3, -0.25) is 15.1 Å². The fraction of sp³-hybridized carbons (Fsp3) is 0.174. The van der Waals surface area contributed by atoms with E-state index in [1.165, 1.54) is 17.8 Å². The topological polar surface area (TPSA) is 68.0 Å². The molecule has 1 aliphatic rings. The van der Waals surface area contributed by atoms with E-state index in [0.717, 1.165) is 47.3 Å². The van der Waals surface area contributed by atoms with Gasteiger partial charge in [0.05, 0.1) is 23.8 Å². The van der Waals surface area contributed by atoms with E-state index in [1.54, 1.807) is 23.9 Å². The van der Waals surface area contributed by atoms with E-state index in [4.69, 9.17) is 4.74 Å². The molecule has 1 aliphatic heterocycles. The predicted molar refractivity (Wildman–Crippen MR) is 120 cm³/mol. The van der Waals surface area contributed by atoms with Gasteiger partial charge in [0.2, 0.25) is 0 Å². The molecule has 0 spiro atoms. The molecule has 4 rings (SSSR count). The van der Waals surface area contributed by atoms with Crippen molar-refractivity contribution in [2.24, 2.45) is 4.99 Å². The summed E-state index contributed by atoms with van der Waals surface area (Å²) in [5.74, 6) is 0. The number of nitro benzene ring substituents is 1. The number of anilines is 1. The summed E-state index contributed by atoms with van der Waals surface area (Å²) < 4.78 is 5.40. The number of hydrogen-bond acceptors (Lipinski definition) is 6. The molecule has 30 heavy (non-hydrogen) atoms. The van der Waals surface area contributed by atoms with Gasteiger partial charge in [0, 0.05) is 46.9 Å². The minimum atomic E-state index is -0.391. The van der Waals surface area contributed by atoms with Crippen LogP contribution in [0.2, 0.25) is 0 Å². The maximum absolute atomic E-state index is 10.7. The van der Waals surface area contributed by atoms with E-state index in [9.17, 15) is 10.1 Å². The Morgan fingerprint density at radius 2 is 1.50 bits per heavy atom. The first-order valence-electron chi connectivity index (χ1n) is 9.66. The predicted octanol–water partition coefficient (Wildman–Crippen LogP) is 5.33. The fourth-order valence-corrected chi connectivity index (χ4v) is 3.93. The summed E-state index contributed by atoms with van der Waals surface area (Å²) in [6, 6.07) is 22.9. The summed E-state index contributed by atoms with van der Waals surface area (Å²) >= 11 is 1.56. The zero-order chi connectivity index (χ0) is 20.8. The number of non-ortho nitro benzene ring substituents is 1. The molecule has 3 aromatic carbocycles. The van der Waals surface area contributed by atoms with Gasteiger partial charge in [-0.25, -0.2) is 0 Å². The van der Waals surface area contributed by atoms with E-state index in [0.29, 0.717) is 0 Å². The molecule has 7 heteroatoms. The van der Waals surface area contributed by atoms with Crippen LogP contribution in [0, 0.1) is 10.1 Å². The second-order valence-corrected chi connectivity index (χ2v) is 7.94. The third kappa shape index (κ3) is 5.25. The number of ether oxygens (including phenoxy) is 1. The Balaban J connectivity index is 1.35. The highest BCUT2D eigenvalue weighted by molar-refractivity contribution is 7.99. The first kappa shape index (κ1) is 20.1. The molecule has 1 saturated heterocycles. The van der Waals surface area contributed by atoms with Gasteiger partial charge in [-0.15, -0.1) is 0 Å². The Hall–Kier alpha value is -3.16. The Kier molecular flexibility index (Phi) is 6.41. The second kappa shape index (κ2) is 9.56. The first-order chi connectivity index (χ1) is 14.7. The molecule has 6 nitrogen and oxygen atoms in total. The van der Waals surface area contributed by atoms with Gasteiger partial charge in [0.25, 0.3) is 5.69 Å². The van der Waals surface area contributed by atoms with E-state index in [1.807, 2.05) is 30.5 Å². The summed E-state index contributed by atoms with van der Waals surface area (Å²) in [7, 11) is 0. The molecule has 0 atom stereocenters. The number of benzene rings is 3. The largest absolute Gasteiger partial charge is 0.378 e. The van der Waals surface area contributed by atoms with Crippen LogP contribution in [0.3, 0.4) is 0 Å². The monoisotopic (exact) mass is 419 g/mol. The van der Waals surface area contributed by atoms with Gasteiger partial charge >= 0.3 is 0 Å². The van der Waals surface area contributed by atoms with Crippen molar-refractivity contribution in [3.8, 4) is 0 Å². The lowest BCUT2D eigenvalue weighted by Crippen LogP contribution is -2.36. The van der Waals surface area contributed by atoms with Gasteiger partial charge in [-0.05, 0) is 54.1 Å². The lowest BCUT2D eigenvalue weighted by molar-refractivity contribution is -0.384. The molecule has 0 aromatic heterocycles. The van der Waals surface area contributed by atoms with Crippen molar-refractivity contribution in [2.75, 3.05) is 31.2 Å². The SMILES string of the molecule is O=[N+]([O-])c1ccc(Sc2ccc(N=Cc3ccc(N4CCOCC4)cc3)cc2)cc1. The zero-order valence-corrected chi connectivity index (χ0v) is 17.1. The van der Waals surface area contributed by atoms with Crippen molar-refractivity contribution in [1.82, 2.24) is 0 Å². The van der Waals surface area contributed by atoms with Crippen molar-refractivity contribution < 1.29 is 9.66 Å². The Morgan fingerprint density at radius 1 is 0.900 bits per heavy atom. The number of nitro groups is 1. The van der Waals surface area contributed by atoms with E-state index in [-0.39, 0.29) is 5.69 Å². The molecule has 1 fully saturated rings. The van der Waals surface area contributed by atoms with Crippen LogP contribution in [0.15, 0.2) is 87.6 Å². The first-order valence-corrected chi connectivity index (χ1v) is 10.5. The molecule has 0 radical (unpaired) electrons. The molecule has 0 unspecified atom stereocenters. The Labute approximate surface area is 179 Å². The average molecular weight is 420 g/mol. The number of rotatable bonds is 6. The Bertz CT molecular complexity index is 1010. The quantitative estimate of drug-likeness (QED) is 0.307. The highest BCUT2D eigenvalue weighted by Gasteiger charge is 2.10. The lowest BCUT2D eigenvalue weighted by atomic mass is 10.2. The summed E-state index contributed by atoms with van der Waals surface area (Å²) in [5.41, 5.74) is 3.24. The van der Waals surface area contributed by atoms with Gasteiger partial charge in [0.1, 0.15) is 0 Å². The maximum atomic E-state index is 10.7. The summed E-state index contributed by atoms with van der Waals surface area (Å²) in [6.07, 6.45) is 1.86. The van der Waals surface area contributed by atoms with Crippen molar-refractivity contribution in [3.63, 3.8) is 0 Å². The van der Waals surface area contributed by atoms with E-state index < -0.39 is 4.92 Å². The van der Waals surface area contributed by atoms with Crippen LogP contribution in [-0.2, 0) is 4.74 Å². The van der Waals surface area contributed by atoms with Crippen LogP contribution in [0.1, 0.15) is 5.56 Å². The van der Waals surface area contributed by atoms with Crippen LogP contribution in [0.4, 0.5) is 17.1 Å². The van der Waals surface area contributed by atoms with Crippen molar-refractivity contribution in [3.05, 3.63) is 88.5 Å². The molecular weight excluding hydrogens is 398 g/mol. The Morgan fingerprint density at radius 3 is 2.10 bits per heavy atom. The van der Waals surface area contributed by atoms with Crippen LogP contribution in [0.5, 0.6) is 0 Å². The molecule has 0 saturated carbocycles. The molecule has 0 bridgehead atoms. The third-order valence-electron chi connectivity index (χ3n) is 4.75. The van der Waals surface area contributed by atoms with E-state index in [2.05, 4.69) is 34.2 Å². The smallest absolute Gasteiger partial charge is 0.269 e. The third-order valence-corrected chi connectivity index (χ3v) is 5.77. The fourth-order valence-electron chi connectivity index (χ4n) is 3.11. The molecule has 152 valence electrons. The zero-order valence-electron chi connectivity index (χ0n) is 16.3. The summed E-state index contributed by atoms with van der Waals surface area (Å²) in [5, 5.41) is 10.7. The normalized spacial score (nSPS) is 14.2. The molecule has 3 aromatic rings. The molecule has 0 amide bonds. The van der Waals surface area contributed by atoms with E-state index >= 15 is 0 Å². The van der Waals surface area contributed by atoms with Gasteiger partial charge in [0.15, 0.2) is 0 Å². The molecule has 0 aliphatic carbocycles. The van der Waals surface area contributed by atoms with Gasteiger partial charge in [-0.1, -0.05) is 23.9 Å². The minimum Gasteiger partial charge on any atom is -0.378 e. The van der Waals surface area contributed by atoms with Crippen molar-refractivity contribution in [2.45, 2.75) is 9.79 Å².